The average molecular weight is 401 g/mol. The fourth-order valence-corrected chi connectivity index (χ4v) is 2.40. The predicted molar refractivity (Wildman–Crippen MR) is 91.7 cm³/mol. The number of amides is 1. The van der Waals surface area contributed by atoms with Gasteiger partial charge in [0.05, 0.1) is 16.3 Å². The number of aliphatic hydroxyl groups excluding tert-OH is 1. The molecule has 2 rings (SSSR count). The molecular formula is C17H9Cl2F3N2O2. The van der Waals surface area contributed by atoms with E-state index in [0.29, 0.717) is 5.02 Å². The van der Waals surface area contributed by atoms with Crippen LogP contribution in [0.1, 0.15) is 11.1 Å². The topological polar surface area (TPSA) is 73.1 Å². The van der Waals surface area contributed by atoms with Gasteiger partial charge in [-0.2, -0.15) is 18.4 Å². The summed E-state index contributed by atoms with van der Waals surface area (Å²) < 4.78 is 37.7. The van der Waals surface area contributed by atoms with Gasteiger partial charge in [-0.15, -0.1) is 0 Å². The Balaban J connectivity index is 2.32. The van der Waals surface area contributed by atoms with Gasteiger partial charge in [-0.1, -0.05) is 35.3 Å². The molecule has 0 aliphatic heterocycles. The number of rotatable bonds is 3. The van der Waals surface area contributed by atoms with Crippen molar-refractivity contribution in [2.75, 3.05) is 5.32 Å². The number of hydrogen-bond donors (Lipinski definition) is 2. The van der Waals surface area contributed by atoms with Gasteiger partial charge in [0.25, 0.3) is 5.91 Å². The fourth-order valence-electron chi connectivity index (χ4n) is 1.95. The molecule has 0 saturated heterocycles. The maximum atomic E-state index is 12.6. The standard InChI is InChI=1S/C17H9Cl2F3N2O2/c18-11-5-6-14(13(19)7-11)24-16(26)12(8-23)15(25)9-1-3-10(4-2-9)17(20,21)22/h1-7,25H,(H,24,26)/b15-12-. The summed E-state index contributed by atoms with van der Waals surface area (Å²) in [5.74, 6) is -1.74. The van der Waals surface area contributed by atoms with E-state index >= 15 is 0 Å². The van der Waals surface area contributed by atoms with E-state index in [0.717, 1.165) is 24.3 Å². The Bertz CT molecular complexity index is 917. The lowest BCUT2D eigenvalue weighted by atomic mass is 10.1. The van der Waals surface area contributed by atoms with Gasteiger partial charge in [0.2, 0.25) is 0 Å². The molecule has 0 unspecified atom stereocenters. The highest BCUT2D eigenvalue weighted by molar-refractivity contribution is 6.37. The zero-order valence-electron chi connectivity index (χ0n) is 12.7. The average Bonchev–Trinajstić information content (AvgIpc) is 2.57. The number of halogens is 5. The van der Waals surface area contributed by atoms with E-state index in [4.69, 9.17) is 28.5 Å². The molecule has 0 aliphatic rings. The van der Waals surface area contributed by atoms with Gasteiger partial charge in [-0.05, 0) is 30.3 Å². The minimum atomic E-state index is -4.54. The van der Waals surface area contributed by atoms with Crippen molar-refractivity contribution >= 4 is 40.6 Å². The first-order valence-corrected chi connectivity index (χ1v) is 7.66. The van der Waals surface area contributed by atoms with Crippen LogP contribution < -0.4 is 5.32 Å². The molecule has 0 spiro atoms. The molecule has 0 radical (unpaired) electrons. The van der Waals surface area contributed by atoms with Crippen LogP contribution in [0.5, 0.6) is 0 Å². The quantitative estimate of drug-likeness (QED) is 0.409. The van der Waals surface area contributed by atoms with Crippen molar-refractivity contribution in [1.29, 1.82) is 5.26 Å². The zero-order chi connectivity index (χ0) is 19.5. The summed E-state index contributed by atoms with van der Waals surface area (Å²) in [5.41, 5.74) is -1.58. The SMILES string of the molecule is N#C/C(C(=O)Nc1ccc(Cl)cc1Cl)=C(/O)c1ccc(C(F)(F)F)cc1. The second-order valence-electron chi connectivity index (χ2n) is 4.99. The van der Waals surface area contributed by atoms with E-state index in [1.807, 2.05) is 0 Å². The summed E-state index contributed by atoms with van der Waals surface area (Å²) >= 11 is 11.7. The van der Waals surface area contributed by atoms with E-state index in [1.165, 1.54) is 24.3 Å². The molecule has 0 heterocycles. The highest BCUT2D eigenvalue weighted by Crippen LogP contribution is 2.30. The predicted octanol–water partition coefficient (Wildman–Crippen LogP) is 5.44. The van der Waals surface area contributed by atoms with Crippen LogP contribution in [0.25, 0.3) is 5.76 Å². The smallest absolute Gasteiger partial charge is 0.416 e. The van der Waals surface area contributed by atoms with Gasteiger partial charge < -0.3 is 10.4 Å². The number of alkyl halides is 3. The number of carbonyl (C=O) groups excluding carboxylic acids is 1. The van der Waals surface area contributed by atoms with E-state index in [2.05, 4.69) is 5.32 Å². The molecule has 2 N–H and O–H groups in total. The lowest BCUT2D eigenvalue weighted by Gasteiger charge is -2.10. The largest absolute Gasteiger partial charge is 0.506 e. The van der Waals surface area contributed by atoms with Crippen LogP contribution in [0.4, 0.5) is 18.9 Å². The van der Waals surface area contributed by atoms with Crippen LogP contribution in [0.3, 0.4) is 0 Å². The minimum absolute atomic E-state index is 0.108. The number of nitriles is 1. The molecule has 134 valence electrons. The van der Waals surface area contributed by atoms with E-state index in [1.54, 1.807) is 0 Å². The molecule has 0 aromatic heterocycles. The second-order valence-corrected chi connectivity index (χ2v) is 5.83. The summed E-state index contributed by atoms with van der Waals surface area (Å²) in [6.45, 7) is 0. The highest BCUT2D eigenvalue weighted by Gasteiger charge is 2.30. The van der Waals surface area contributed by atoms with E-state index < -0.39 is 29.0 Å². The number of benzene rings is 2. The Labute approximate surface area is 156 Å². The van der Waals surface area contributed by atoms with Crippen molar-refractivity contribution in [3.8, 4) is 6.07 Å². The Morgan fingerprint density at radius 3 is 2.23 bits per heavy atom. The Hall–Kier alpha value is -2.69. The third-order valence-electron chi connectivity index (χ3n) is 3.24. The number of anilines is 1. The summed E-state index contributed by atoms with van der Waals surface area (Å²) in [6.07, 6.45) is -4.54. The molecule has 0 fully saturated rings. The lowest BCUT2D eigenvalue weighted by Crippen LogP contribution is -2.15. The number of nitrogens with zero attached hydrogens (tertiary/aromatic N) is 1. The van der Waals surface area contributed by atoms with Gasteiger partial charge in [0.15, 0.2) is 5.57 Å². The van der Waals surface area contributed by atoms with Crippen molar-refractivity contribution < 1.29 is 23.1 Å². The van der Waals surface area contributed by atoms with Crippen LogP contribution in [-0.2, 0) is 11.0 Å². The van der Waals surface area contributed by atoms with Crippen LogP contribution in [-0.4, -0.2) is 11.0 Å². The summed E-state index contributed by atoms with van der Waals surface area (Å²) in [7, 11) is 0. The molecular weight excluding hydrogens is 392 g/mol. The Kier molecular flexibility index (Phi) is 5.80. The molecule has 0 aliphatic carbocycles. The molecule has 1 amide bonds. The van der Waals surface area contributed by atoms with Crippen LogP contribution >= 0.6 is 23.2 Å². The third-order valence-corrected chi connectivity index (χ3v) is 3.79. The van der Waals surface area contributed by atoms with Crippen molar-refractivity contribution in [3.05, 3.63) is 69.2 Å². The first-order valence-electron chi connectivity index (χ1n) is 6.91. The van der Waals surface area contributed by atoms with Gasteiger partial charge >= 0.3 is 6.18 Å². The number of aliphatic hydroxyl groups is 1. The van der Waals surface area contributed by atoms with Gasteiger partial charge in [-0.25, -0.2) is 0 Å². The molecule has 26 heavy (non-hydrogen) atoms. The van der Waals surface area contributed by atoms with Crippen LogP contribution in [0, 0.1) is 11.3 Å². The van der Waals surface area contributed by atoms with Gasteiger partial charge in [0.1, 0.15) is 11.8 Å². The van der Waals surface area contributed by atoms with Crippen LogP contribution in [0.15, 0.2) is 48.0 Å². The molecule has 0 bridgehead atoms. The van der Waals surface area contributed by atoms with Gasteiger partial charge in [0, 0.05) is 10.6 Å². The third kappa shape index (κ3) is 4.48. The monoisotopic (exact) mass is 400 g/mol. The lowest BCUT2D eigenvalue weighted by molar-refractivity contribution is -0.137. The fraction of sp³-hybridized carbons (Fsp3) is 0.0588. The summed E-state index contributed by atoms with van der Waals surface area (Å²) in [6, 6.07) is 9.11. The highest BCUT2D eigenvalue weighted by atomic mass is 35.5. The number of carbonyl (C=O) groups is 1. The van der Waals surface area contributed by atoms with Crippen molar-refractivity contribution in [2.24, 2.45) is 0 Å². The molecule has 9 heteroatoms. The van der Waals surface area contributed by atoms with E-state index in [-0.39, 0.29) is 16.3 Å². The molecule has 4 nitrogen and oxygen atoms in total. The number of nitrogens with one attached hydrogen (secondary N) is 1. The Morgan fingerprint density at radius 1 is 1.12 bits per heavy atom. The first-order chi connectivity index (χ1) is 12.1. The molecule has 0 atom stereocenters. The normalized spacial score (nSPS) is 12.2. The molecule has 2 aromatic rings. The van der Waals surface area contributed by atoms with Crippen molar-refractivity contribution in [1.82, 2.24) is 0 Å². The van der Waals surface area contributed by atoms with E-state index in [9.17, 15) is 23.1 Å². The first kappa shape index (κ1) is 19.6. The van der Waals surface area contributed by atoms with Crippen molar-refractivity contribution in [2.45, 2.75) is 6.18 Å². The van der Waals surface area contributed by atoms with Crippen molar-refractivity contribution in [3.63, 3.8) is 0 Å². The maximum absolute atomic E-state index is 12.6. The molecule has 2 aromatic carbocycles. The van der Waals surface area contributed by atoms with Crippen LogP contribution in [0.2, 0.25) is 10.0 Å². The minimum Gasteiger partial charge on any atom is -0.506 e. The summed E-state index contributed by atoms with van der Waals surface area (Å²) in [4.78, 5) is 12.2. The Morgan fingerprint density at radius 2 is 1.73 bits per heavy atom. The molecule has 0 saturated carbocycles. The van der Waals surface area contributed by atoms with Gasteiger partial charge in [-0.3, -0.25) is 4.79 Å². The maximum Gasteiger partial charge on any atom is 0.416 e. The zero-order valence-corrected chi connectivity index (χ0v) is 14.2. The summed E-state index contributed by atoms with van der Waals surface area (Å²) in [5, 5.41) is 22.0. The second kappa shape index (κ2) is 7.68. The number of hydrogen-bond acceptors (Lipinski definition) is 3.